The van der Waals surface area contributed by atoms with Gasteiger partial charge in [-0.25, -0.2) is 0 Å². The lowest BCUT2D eigenvalue weighted by atomic mass is 9.93. The Morgan fingerprint density at radius 3 is 1.69 bits per heavy atom. The molecule has 0 bridgehead atoms. The molecule has 0 aliphatic carbocycles. The average Bonchev–Trinajstić information content (AvgIpc) is 2.70. The molecule has 26 heavy (non-hydrogen) atoms. The summed E-state index contributed by atoms with van der Waals surface area (Å²) in [5.74, 6) is 0. The number of benzene rings is 2. The third kappa shape index (κ3) is 6.24. The molecule has 0 saturated heterocycles. The molecule has 2 aromatic carbocycles. The van der Waals surface area contributed by atoms with Gasteiger partial charge in [-0.15, -0.1) is 0 Å². The number of hydrogen-bond acceptors (Lipinski definition) is 3. The normalized spacial score (nSPS) is 11.7. The fourth-order valence-corrected chi connectivity index (χ4v) is 3.09. The maximum atomic E-state index is 9.27. The molecule has 0 aliphatic heterocycles. The van der Waals surface area contributed by atoms with Crippen LogP contribution in [0.1, 0.15) is 50.2 Å². The zero-order valence-corrected chi connectivity index (χ0v) is 16.0. The highest BCUT2D eigenvalue weighted by Crippen LogP contribution is 2.22. The van der Waals surface area contributed by atoms with E-state index in [9.17, 15) is 10.2 Å². The summed E-state index contributed by atoms with van der Waals surface area (Å²) in [5, 5.41) is 18.5. The van der Waals surface area contributed by atoms with Crippen molar-refractivity contribution in [1.82, 2.24) is 0 Å². The number of unbranched alkanes of at least 4 members (excludes halogenated alkanes) is 3. The Balaban J connectivity index is 1.91. The van der Waals surface area contributed by atoms with E-state index in [-0.39, 0.29) is 13.2 Å². The van der Waals surface area contributed by atoms with Gasteiger partial charge in [0.1, 0.15) is 0 Å². The fourth-order valence-electron chi connectivity index (χ4n) is 3.09. The Morgan fingerprint density at radius 2 is 1.23 bits per heavy atom. The largest absolute Gasteiger partial charge is 0.394 e. The molecule has 0 fully saturated rings. The van der Waals surface area contributed by atoms with Crippen LogP contribution in [0.25, 0.3) is 11.1 Å². The third-order valence-electron chi connectivity index (χ3n) is 5.10. The van der Waals surface area contributed by atoms with Gasteiger partial charge in [0, 0.05) is 0 Å². The summed E-state index contributed by atoms with van der Waals surface area (Å²) >= 11 is 0. The van der Waals surface area contributed by atoms with Gasteiger partial charge >= 0.3 is 0 Å². The van der Waals surface area contributed by atoms with Gasteiger partial charge in [0.2, 0.25) is 0 Å². The predicted octanol–water partition coefficient (Wildman–Crippen LogP) is 4.09. The van der Waals surface area contributed by atoms with E-state index >= 15 is 0 Å². The average molecular weight is 356 g/mol. The van der Waals surface area contributed by atoms with Crippen molar-refractivity contribution >= 4 is 0 Å². The molecule has 0 radical (unpaired) electrons. The van der Waals surface area contributed by atoms with Crippen molar-refractivity contribution in [2.24, 2.45) is 5.73 Å². The highest BCUT2D eigenvalue weighted by Gasteiger charge is 2.22. The van der Waals surface area contributed by atoms with Crippen LogP contribution in [0.2, 0.25) is 0 Å². The highest BCUT2D eigenvalue weighted by atomic mass is 16.3. The van der Waals surface area contributed by atoms with Gasteiger partial charge < -0.3 is 15.9 Å². The molecule has 0 aliphatic rings. The number of aliphatic hydroxyl groups is 2. The van der Waals surface area contributed by atoms with Crippen molar-refractivity contribution in [2.75, 3.05) is 13.2 Å². The molecule has 0 aromatic heterocycles. The first-order valence-electron chi connectivity index (χ1n) is 9.79. The summed E-state index contributed by atoms with van der Waals surface area (Å²) in [6.07, 6.45) is 7.66. The van der Waals surface area contributed by atoms with E-state index in [4.69, 9.17) is 5.73 Å². The summed E-state index contributed by atoms with van der Waals surface area (Å²) in [5.41, 5.74) is 10.0. The second-order valence-electron chi connectivity index (χ2n) is 7.38. The molecule has 2 rings (SSSR count). The van der Waals surface area contributed by atoms with Crippen LogP contribution in [-0.2, 0) is 12.8 Å². The molecule has 0 amide bonds. The first-order valence-corrected chi connectivity index (χ1v) is 9.79. The van der Waals surface area contributed by atoms with E-state index in [2.05, 4.69) is 55.5 Å². The fraction of sp³-hybridized carbons (Fsp3) is 0.478. The standard InChI is InChI=1S/C23H33NO2/c1-2-3-4-5-6-19-7-11-21(12-8-19)22-13-9-20(10-14-22)15-16-23(24,17-25)18-26/h7-14,25-26H,2-6,15-18,24H2,1H3. The number of hydrogen-bond donors (Lipinski definition) is 3. The smallest absolute Gasteiger partial charge is 0.0633 e. The molecule has 0 atom stereocenters. The van der Waals surface area contributed by atoms with Crippen molar-refractivity contribution in [3.8, 4) is 11.1 Å². The highest BCUT2D eigenvalue weighted by molar-refractivity contribution is 5.64. The van der Waals surface area contributed by atoms with Gasteiger partial charge in [0.25, 0.3) is 0 Å². The van der Waals surface area contributed by atoms with Gasteiger partial charge in [0.15, 0.2) is 0 Å². The van der Waals surface area contributed by atoms with Crippen molar-refractivity contribution < 1.29 is 10.2 Å². The third-order valence-corrected chi connectivity index (χ3v) is 5.10. The molecular weight excluding hydrogens is 322 g/mol. The van der Waals surface area contributed by atoms with Gasteiger partial charge in [-0.1, -0.05) is 74.7 Å². The molecule has 0 heterocycles. The minimum atomic E-state index is -0.897. The zero-order valence-electron chi connectivity index (χ0n) is 16.0. The van der Waals surface area contributed by atoms with Crippen LogP contribution in [0.15, 0.2) is 48.5 Å². The Hall–Kier alpha value is -1.68. The monoisotopic (exact) mass is 355 g/mol. The Labute approximate surface area is 157 Å². The molecule has 3 heteroatoms. The molecule has 4 N–H and O–H groups in total. The molecule has 0 unspecified atom stereocenters. The van der Waals surface area contributed by atoms with E-state index in [1.165, 1.54) is 42.4 Å². The molecule has 0 saturated carbocycles. The maximum Gasteiger partial charge on any atom is 0.0633 e. The van der Waals surface area contributed by atoms with Crippen molar-refractivity contribution in [1.29, 1.82) is 0 Å². The Bertz CT molecular complexity index is 630. The SMILES string of the molecule is CCCCCCc1ccc(-c2ccc(CCC(N)(CO)CO)cc2)cc1. The lowest BCUT2D eigenvalue weighted by molar-refractivity contribution is 0.115. The topological polar surface area (TPSA) is 66.5 Å². The van der Waals surface area contributed by atoms with Crippen molar-refractivity contribution in [3.05, 3.63) is 59.7 Å². The van der Waals surface area contributed by atoms with E-state index in [1.54, 1.807) is 0 Å². The zero-order chi connectivity index (χ0) is 18.8. The van der Waals surface area contributed by atoms with Crippen molar-refractivity contribution in [2.45, 2.75) is 57.4 Å². The summed E-state index contributed by atoms with van der Waals surface area (Å²) in [4.78, 5) is 0. The van der Waals surface area contributed by atoms with Crippen LogP contribution >= 0.6 is 0 Å². The number of aliphatic hydroxyl groups excluding tert-OH is 2. The van der Waals surface area contributed by atoms with E-state index < -0.39 is 5.54 Å². The van der Waals surface area contributed by atoms with E-state index in [0.717, 1.165) is 18.4 Å². The van der Waals surface area contributed by atoms with Crippen LogP contribution in [0.4, 0.5) is 0 Å². The van der Waals surface area contributed by atoms with Crippen LogP contribution in [0.5, 0.6) is 0 Å². The molecule has 3 nitrogen and oxygen atoms in total. The van der Waals surface area contributed by atoms with Gasteiger partial charge in [-0.2, -0.15) is 0 Å². The lowest BCUT2D eigenvalue weighted by Crippen LogP contribution is -2.47. The summed E-state index contributed by atoms with van der Waals surface area (Å²) in [6, 6.07) is 17.3. The van der Waals surface area contributed by atoms with Gasteiger partial charge in [-0.05, 0) is 47.9 Å². The Kier molecular flexibility index (Phi) is 8.30. The van der Waals surface area contributed by atoms with Crippen LogP contribution < -0.4 is 5.73 Å². The molecule has 2 aromatic rings. The number of aryl methyl sites for hydroxylation is 2. The molecule has 0 spiro atoms. The van der Waals surface area contributed by atoms with Crippen LogP contribution in [-0.4, -0.2) is 29.0 Å². The minimum absolute atomic E-state index is 0.202. The first kappa shape index (κ1) is 20.6. The van der Waals surface area contributed by atoms with E-state index in [0.29, 0.717) is 6.42 Å². The number of rotatable bonds is 11. The van der Waals surface area contributed by atoms with E-state index in [1.807, 2.05) is 0 Å². The lowest BCUT2D eigenvalue weighted by Gasteiger charge is -2.24. The second-order valence-corrected chi connectivity index (χ2v) is 7.38. The first-order chi connectivity index (χ1) is 12.6. The molecule has 142 valence electrons. The summed E-state index contributed by atoms with van der Waals surface area (Å²) in [6.45, 7) is 1.84. The minimum Gasteiger partial charge on any atom is -0.394 e. The van der Waals surface area contributed by atoms with Gasteiger partial charge in [0.05, 0.1) is 18.8 Å². The van der Waals surface area contributed by atoms with Crippen LogP contribution in [0.3, 0.4) is 0 Å². The maximum absolute atomic E-state index is 9.27. The summed E-state index contributed by atoms with van der Waals surface area (Å²) < 4.78 is 0. The molecular formula is C23H33NO2. The summed E-state index contributed by atoms with van der Waals surface area (Å²) in [7, 11) is 0. The second kappa shape index (κ2) is 10.5. The van der Waals surface area contributed by atoms with Crippen molar-refractivity contribution in [3.63, 3.8) is 0 Å². The Morgan fingerprint density at radius 1 is 0.731 bits per heavy atom. The quantitative estimate of drug-likeness (QED) is 0.532. The predicted molar refractivity (Wildman–Crippen MR) is 109 cm³/mol. The van der Waals surface area contributed by atoms with Gasteiger partial charge in [-0.3, -0.25) is 0 Å². The number of nitrogens with two attached hydrogens (primary N) is 1. The van der Waals surface area contributed by atoms with Crippen LogP contribution in [0, 0.1) is 0 Å².